The zero-order valence-electron chi connectivity index (χ0n) is 10.1. The third-order valence-electron chi connectivity index (χ3n) is 2.82. The van der Waals surface area contributed by atoms with Crippen LogP contribution in [0, 0.1) is 5.92 Å². The molecule has 15 heavy (non-hydrogen) atoms. The van der Waals surface area contributed by atoms with Crippen LogP contribution < -0.4 is 0 Å². The maximum absolute atomic E-state index is 10.1. The van der Waals surface area contributed by atoms with E-state index in [4.69, 9.17) is 0 Å². The van der Waals surface area contributed by atoms with Gasteiger partial charge in [-0.1, -0.05) is 38.0 Å². The molecule has 1 aliphatic rings. The van der Waals surface area contributed by atoms with Crippen molar-refractivity contribution >= 4 is 0 Å². The molecule has 0 aromatic heterocycles. The number of nitrogens with zero attached hydrogens (tertiary/aromatic N) is 1. The van der Waals surface area contributed by atoms with Gasteiger partial charge in [0, 0.05) is 12.5 Å². The lowest BCUT2D eigenvalue weighted by molar-refractivity contribution is 0.130. The highest BCUT2D eigenvalue weighted by Crippen LogP contribution is 2.25. The zero-order valence-corrected chi connectivity index (χ0v) is 10.1. The fraction of sp³-hybridized carbons (Fsp3) is 0.692. The molecule has 0 saturated carbocycles. The Morgan fingerprint density at radius 1 is 1.47 bits per heavy atom. The van der Waals surface area contributed by atoms with E-state index in [9.17, 15) is 5.11 Å². The first kappa shape index (κ1) is 12.5. The van der Waals surface area contributed by atoms with E-state index in [1.54, 1.807) is 0 Å². The Morgan fingerprint density at radius 2 is 2.20 bits per heavy atom. The Bertz CT molecular complexity index is 243. The van der Waals surface area contributed by atoms with Gasteiger partial charge in [-0.2, -0.15) is 0 Å². The second-order valence-corrected chi connectivity index (χ2v) is 4.60. The van der Waals surface area contributed by atoms with Crippen molar-refractivity contribution < 1.29 is 5.11 Å². The smallest absolute Gasteiger partial charge is 0.0640 e. The summed E-state index contributed by atoms with van der Waals surface area (Å²) in [6, 6.07) is 0. The first-order valence-corrected chi connectivity index (χ1v) is 5.85. The van der Waals surface area contributed by atoms with Crippen LogP contribution in [0.15, 0.2) is 23.8 Å². The van der Waals surface area contributed by atoms with Gasteiger partial charge in [0.1, 0.15) is 0 Å². The maximum atomic E-state index is 10.1. The summed E-state index contributed by atoms with van der Waals surface area (Å²) in [6.45, 7) is 3.11. The van der Waals surface area contributed by atoms with Crippen molar-refractivity contribution in [3.8, 4) is 0 Å². The summed E-state index contributed by atoms with van der Waals surface area (Å²) in [7, 11) is 4.13. The number of allylic oxidation sites excluding steroid dienone is 2. The summed E-state index contributed by atoms with van der Waals surface area (Å²) in [5.41, 5.74) is 1.34. The Hall–Kier alpha value is -0.600. The summed E-state index contributed by atoms with van der Waals surface area (Å²) in [6.07, 6.45) is 9.31. The third kappa shape index (κ3) is 3.80. The van der Waals surface area contributed by atoms with E-state index in [0.717, 1.165) is 25.8 Å². The van der Waals surface area contributed by atoms with Crippen LogP contribution in [0.1, 0.15) is 26.2 Å². The highest BCUT2D eigenvalue weighted by atomic mass is 16.3. The molecule has 2 nitrogen and oxygen atoms in total. The average Bonchev–Trinajstić information content (AvgIpc) is 2.61. The molecule has 1 unspecified atom stereocenters. The largest absolute Gasteiger partial charge is 0.392 e. The molecule has 0 saturated heterocycles. The van der Waals surface area contributed by atoms with E-state index in [-0.39, 0.29) is 12.0 Å². The molecule has 0 spiro atoms. The van der Waals surface area contributed by atoms with Crippen molar-refractivity contribution in [1.29, 1.82) is 0 Å². The van der Waals surface area contributed by atoms with E-state index >= 15 is 0 Å². The number of aliphatic hydroxyl groups is 1. The first-order valence-electron chi connectivity index (χ1n) is 5.85. The maximum Gasteiger partial charge on any atom is 0.0640 e. The number of hydrogen-bond donors (Lipinski definition) is 1. The summed E-state index contributed by atoms with van der Waals surface area (Å²) >= 11 is 0. The quantitative estimate of drug-likeness (QED) is 0.725. The fourth-order valence-electron chi connectivity index (χ4n) is 2.03. The van der Waals surface area contributed by atoms with Crippen molar-refractivity contribution in [3.63, 3.8) is 0 Å². The van der Waals surface area contributed by atoms with Crippen LogP contribution >= 0.6 is 0 Å². The summed E-state index contributed by atoms with van der Waals surface area (Å²) in [5.74, 6) is 0.249. The molecule has 86 valence electrons. The fourth-order valence-corrected chi connectivity index (χ4v) is 2.03. The van der Waals surface area contributed by atoms with E-state index in [1.807, 2.05) is 0 Å². The van der Waals surface area contributed by atoms with E-state index in [0.29, 0.717) is 0 Å². The van der Waals surface area contributed by atoms with Gasteiger partial charge in [0.2, 0.25) is 0 Å². The number of aliphatic hydroxyl groups excluding tert-OH is 1. The molecule has 0 aromatic carbocycles. The molecular formula is C13H23NO. The van der Waals surface area contributed by atoms with E-state index in [1.165, 1.54) is 5.57 Å². The minimum Gasteiger partial charge on any atom is -0.392 e. The third-order valence-corrected chi connectivity index (χ3v) is 2.82. The first-order chi connectivity index (χ1) is 7.15. The molecular weight excluding hydrogens is 186 g/mol. The Labute approximate surface area is 93.3 Å². The van der Waals surface area contributed by atoms with Crippen molar-refractivity contribution in [2.45, 2.75) is 32.3 Å². The Morgan fingerprint density at radius 3 is 2.80 bits per heavy atom. The van der Waals surface area contributed by atoms with Crippen LogP contribution in [0.5, 0.6) is 0 Å². The molecule has 0 bridgehead atoms. The standard InChI is InChI=1S/C13H23NO/c1-4-5-9-13(15)12-8-6-7-11(12)10-14(2)3/h6-8,12-13,15H,4-5,9-10H2,1-3H3/t12?,13-/m1/s1. The molecule has 0 aromatic rings. The molecule has 0 aliphatic heterocycles. The molecule has 1 aliphatic carbocycles. The van der Waals surface area contributed by atoms with Gasteiger partial charge in [-0.05, 0) is 26.1 Å². The Kier molecular flexibility index (Phi) is 5.06. The van der Waals surface area contributed by atoms with Gasteiger partial charge in [0.15, 0.2) is 0 Å². The van der Waals surface area contributed by atoms with Crippen molar-refractivity contribution in [2.24, 2.45) is 5.92 Å². The topological polar surface area (TPSA) is 23.5 Å². The molecule has 0 radical (unpaired) electrons. The van der Waals surface area contributed by atoms with Crippen LogP contribution in [-0.2, 0) is 0 Å². The molecule has 0 heterocycles. The van der Waals surface area contributed by atoms with Gasteiger partial charge in [-0.15, -0.1) is 0 Å². The SMILES string of the molecule is CCCC[C@@H](O)C1C=CC=C1CN(C)C. The minimum atomic E-state index is -0.199. The lowest BCUT2D eigenvalue weighted by Crippen LogP contribution is -2.25. The number of rotatable bonds is 6. The molecule has 2 atom stereocenters. The van der Waals surface area contributed by atoms with Gasteiger partial charge in [-0.3, -0.25) is 0 Å². The van der Waals surface area contributed by atoms with Crippen LogP contribution in [0.3, 0.4) is 0 Å². The van der Waals surface area contributed by atoms with E-state index < -0.39 is 0 Å². The average molecular weight is 209 g/mol. The van der Waals surface area contributed by atoms with Crippen LogP contribution in [-0.4, -0.2) is 36.8 Å². The predicted octanol–water partition coefficient (Wildman–Crippen LogP) is 2.21. The molecule has 1 N–H and O–H groups in total. The lowest BCUT2D eigenvalue weighted by Gasteiger charge is -2.22. The van der Waals surface area contributed by atoms with E-state index in [2.05, 4.69) is 44.1 Å². The molecule has 0 fully saturated rings. The van der Waals surface area contributed by atoms with Gasteiger partial charge in [0.05, 0.1) is 6.10 Å². The minimum absolute atomic E-state index is 0.199. The zero-order chi connectivity index (χ0) is 11.3. The van der Waals surface area contributed by atoms with Crippen molar-refractivity contribution in [3.05, 3.63) is 23.8 Å². The number of hydrogen-bond acceptors (Lipinski definition) is 2. The molecule has 2 heteroatoms. The Balaban J connectivity index is 2.46. The van der Waals surface area contributed by atoms with Gasteiger partial charge in [0.25, 0.3) is 0 Å². The van der Waals surface area contributed by atoms with Gasteiger partial charge in [-0.25, -0.2) is 0 Å². The van der Waals surface area contributed by atoms with Crippen LogP contribution in [0.2, 0.25) is 0 Å². The van der Waals surface area contributed by atoms with Gasteiger partial charge >= 0.3 is 0 Å². The second kappa shape index (κ2) is 6.09. The molecule has 1 rings (SSSR count). The normalized spacial score (nSPS) is 22.2. The van der Waals surface area contributed by atoms with Gasteiger partial charge < -0.3 is 10.0 Å². The monoisotopic (exact) mass is 209 g/mol. The lowest BCUT2D eigenvalue weighted by atomic mass is 9.92. The number of unbranched alkanes of at least 4 members (excludes halogenated alkanes) is 1. The predicted molar refractivity (Wildman–Crippen MR) is 64.8 cm³/mol. The van der Waals surface area contributed by atoms with Crippen LogP contribution in [0.4, 0.5) is 0 Å². The van der Waals surface area contributed by atoms with Crippen molar-refractivity contribution in [2.75, 3.05) is 20.6 Å². The second-order valence-electron chi connectivity index (χ2n) is 4.60. The van der Waals surface area contributed by atoms with Crippen LogP contribution in [0.25, 0.3) is 0 Å². The summed E-state index contributed by atoms with van der Waals surface area (Å²) in [5, 5.41) is 10.1. The summed E-state index contributed by atoms with van der Waals surface area (Å²) < 4.78 is 0. The number of likely N-dealkylation sites (N-methyl/N-ethyl adjacent to an activating group) is 1. The molecule has 0 amide bonds. The highest BCUT2D eigenvalue weighted by molar-refractivity contribution is 5.29. The highest BCUT2D eigenvalue weighted by Gasteiger charge is 2.22. The van der Waals surface area contributed by atoms with Crippen molar-refractivity contribution in [1.82, 2.24) is 4.90 Å². The summed E-state index contributed by atoms with van der Waals surface area (Å²) in [4.78, 5) is 2.15.